The maximum atomic E-state index is 13.9. The zero-order valence-electron chi connectivity index (χ0n) is 8.53. The number of H-pyrrole nitrogens is 1. The summed E-state index contributed by atoms with van der Waals surface area (Å²) in [6, 6.07) is 0. The predicted molar refractivity (Wildman–Crippen MR) is 50.8 cm³/mol. The molecule has 2 aromatic heterocycles. The van der Waals surface area contributed by atoms with Crippen molar-refractivity contribution in [3.05, 3.63) is 17.2 Å². The number of nitrogens with zero attached hydrogens (tertiary/aromatic N) is 2. The van der Waals surface area contributed by atoms with Crippen LogP contribution in [0, 0.1) is 5.82 Å². The minimum absolute atomic E-state index is 0.0336. The van der Waals surface area contributed by atoms with Crippen molar-refractivity contribution in [2.75, 3.05) is 6.54 Å². The van der Waals surface area contributed by atoms with Crippen molar-refractivity contribution in [3.8, 4) is 0 Å². The molecule has 8 heteroatoms. The molecular weight excluding hydrogens is 240 g/mol. The first-order valence-corrected chi connectivity index (χ1v) is 5.03. The quantitative estimate of drug-likeness (QED) is 0.696. The van der Waals surface area contributed by atoms with Crippen molar-refractivity contribution in [1.82, 2.24) is 20.1 Å². The second-order valence-electron chi connectivity index (χ2n) is 3.88. The number of nitrogens with one attached hydrogen (secondary N) is 2. The first-order valence-electron chi connectivity index (χ1n) is 5.03. The molecule has 17 heavy (non-hydrogen) atoms. The Hall–Kier alpha value is -1.57. The van der Waals surface area contributed by atoms with Crippen LogP contribution in [0.4, 0.5) is 17.6 Å². The van der Waals surface area contributed by atoms with Crippen molar-refractivity contribution >= 4 is 11.0 Å². The van der Waals surface area contributed by atoms with E-state index in [1.54, 1.807) is 0 Å². The Balaban J connectivity index is 2.33. The number of rotatable bonds is 0. The van der Waals surface area contributed by atoms with Gasteiger partial charge >= 0.3 is 6.18 Å². The zero-order chi connectivity index (χ0) is 12.2. The summed E-state index contributed by atoms with van der Waals surface area (Å²) in [7, 11) is 0. The number of aromatic amines is 1. The smallest absolute Gasteiger partial charge is 0.323 e. The van der Waals surface area contributed by atoms with Crippen LogP contribution in [-0.2, 0) is 19.3 Å². The van der Waals surface area contributed by atoms with Crippen LogP contribution in [0.1, 0.15) is 11.4 Å². The molecule has 0 amide bonds. The monoisotopic (exact) mass is 248 g/mol. The number of halogens is 4. The van der Waals surface area contributed by atoms with Crippen LogP contribution in [0.25, 0.3) is 11.0 Å². The Morgan fingerprint density at radius 2 is 2.06 bits per heavy atom. The van der Waals surface area contributed by atoms with Crippen molar-refractivity contribution in [2.24, 2.45) is 0 Å². The Morgan fingerprint density at radius 3 is 2.76 bits per heavy atom. The molecule has 2 N–H and O–H groups in total. The molecule has 0 atom stereocenters. The predicted octanol–water partition coefficient (Wildman–Crippen LogP) is 1.63. The van der Waals surface area contributed by atoms with Gasteiger partial charge in [0.05, 0.1) is 11.1 Å². The molecule has 0 saturated carbocycles. The highest BCUT2D eigenvalue weighted by Crippen LogP contribution is 2.36. The molecule has 0 fully saturated rings. The third-order valence-corrected chi connectivity index (χ3v) is 2.89. The number of hydrogen-bond donors (Lipinski definition) is 2. The summed E-state index contributed by atoms with van der Waals surface area (Å²) < 4.78 is 53.3. The number of alkyl halides is 3. The Morgan fingerprint density at radius 1 is 1.29 bits per heavy atom. The first-order chi connectivity index (χ1) is 8.00. The average molecular weight is 248 g/mol. The van der Waals surface area contributed by atoms with Gasteiger partial charge in [-0.25, -0.2) is 4.39 Å². The van der Waals surface area contributed by atoms with E-state index in [4.69, 9.17) is 0 Å². The third kappa shape index (κ3) is 1.36. The fourth-order valence-electron chi connectivity index (χ4n) is 2.14. The van der Waals surface area contributed by atoms with E-state index < -0.39 is 23.1 Å². The zero-order valence-corrected chi connectivity index (χ0v) is 8.53. The summed E-state index contributed by atoms with van der Waals surface area (Å²) in [4.78, 5) is 0. The fourth-order valence-corrected chi connectivity index (χ4v) is 2.14. The lowest BCUT2D eigenvalue weighted by Gasteiger charge is -2.16. The second-order valence-corrected chi connectivity index (χ2v) is 3.88. The summed E-state index contributed by atoms with van der Waals surface area (Å²) in [5, 5.41) is 7.89. The van der Waals surface area contributed by atoms with Crippen molar-refractivity contribution in [2.45, 2.75) is 19.3 Å². The van der Waals surface area contributed by atoms with Gasteiger partial charge in [0.2, 0.25) is 0 Å². The SMILES string of the molecule is Fc1c2n(c3n[nH]c(C(F)(F)F)c13)CCNC2. The molecule has 0 radical (unpaired) electrons. The van der Waals surface area contributed by atoms with Crippen molar-refractivity contribution in [1.29, 1.82) is 0 Å². The van der Waals surface area contributed by atoms with Gasteiger partial charge in [-0.15, -0.1) is 0 Å². The maximum absolute atomic E-state index is 13.9. The van der Waals surface area contributed by atoms with Gasteiger partial charge in [0, 0.05) is 19.6 Å². The van der Waals surface area contributed by atoms with E-state index in [-0.39, 0.29) is 17.9 Å². The highest BCUT2D eigenvalue weighted by atomic mass is 19.4. The fraction of sp³-hybridized carbons (Fsp3) is 0.444. The Bertz CT molecular complexity index is 580. The average Bonchev–Trinajstić information content (AvgIpc) is 2.80. The Kier molecular flexibility index (Phi) is 2.00. The molecule has 92 valence electrons. The molecule has 4 nitrogen and oxygen atoms in total. The molecule has 3 rings (SSSR count). The van der Waals surface area contributed by atoms with E-state index in [9.17, 15) is 17.6 Å². The van der Waals surface area contributed by atoms with Gasteiger partial charge in [0.15, 0.2) is 17.2 Å². The van der Waals surface area contributed by atoms with Crippen LogP contribution in [0.3, 0.4) is 0 Å². The van der Waals surface area contributed by atoms with Gasteiger partial charge in [0.25, 0.3) is 0 Å². The van der Waals surface area contributed by atoms with E-state index in [1.165, 1.54) is 4.57 Å². The standard InChI is InChI=1S/C9H8F4N4/c10-6-4-3-14-1-2-17(4)8-5(6)7(15-16-8)9(11,12)13/h14H,1-3H2,(H,15,16). The van der Waals surface area contributed by atoms with Gasteiger partial charge in [-0.1, -0.05) is 0 Å². The van der Waals surface area contributed by atoms with Crippen LogP contribution in [0.15, 0.2) is 0 Å². The van der Waals surface area contributed by atoms with E-state index in [0.29, 0.717) is 13.1 Å². The van der Waals surface area contributed by atoms with Crippen LogP contribution < -0.4 is 5.32 Å². The van der Waals surface area contributed by atoms with Crippen LogP contribution in [-0.4, -0.2) is 21.3 Å². The summed E-state index contributed by atoms with van der Waals surface area (Å²) in [5.41, 5.74) is -0.855. The van der Waals surface area contributed by atoms with Gasteiger partial charge in [0.1, 0.15) is 0 Å². The largest absolute Gasteiger partial charge is 0.433 e. The molecule has 0 aromatic carbocycles. The molecule has 3 heterocycles. The van der Waals surface area contributed by atoms with Crippen LogP contribution >= 0.6 is 0 Å². The molecule has 0 unspecified atom stereocenters. The number of aromatic nitrogens is 3. The Labute approximate surface area is 92.6 Å². The van der Waals surface area contributed by atoms with E-state index in [1.807, 2.05) is 5.10 Å². The number of fused-ring (bicyclic) bond motifs is 3. The summed E-state index contributed by atoms with van der Waals surface area (Å²) in [6.45, 7) is 1.22. The van der Waals surface area contributed by atoms with Crippen molar-refractivity contribution < 1.29 is 17.6 Å². The molecular formula is C9H8F4N4. The molecule has 0 saturated heterocycles. The minimum atomic E-state index is -4.62. The van der Waals surface area contributed by atoms with Gasteiger partial charge in [-0.05, 0) is 0 Å². The molecule has 2 aromatic rings. The van der Waals surface area contributed by atoms with Gasteiger partial charge < -0.3 is 9.88 Å². The molecule has 0 bridgehead atoms. The van der Waals surface area contributed by atoms with Crippen LogP contribution in [0.5, 0.6) is 0 Å². The van der Waals surface area contributed by atoms with Gasteiger partial charge in [-0.2, -0.15) is 18.3 Å². The van der Waals surface area contributed by atoms with E-state index in [2.05, 4.69) is 10.4 Å². The summed E-state index contributed by atoms with van der Waals surface area (Å²) in [6.07, 6.45) is -4.62. The first kappa shape index (κ1) is 10.6. The van der Waals surface area contributed by atoms with E-state index >= 15 is 0 Å². The lowest BCUT2D eigenvalue weighted by molar-refractivity contribution is -0.140. The topological polar surface area (TPSA) is 45.6 Å². The summed E-state index contributed by atoms with van der Waals surface area (Å²) >= 11 is 0. The van der Waals surface area contributed by atoms with Gasteiger partial charge in [-0.3, -0.25) is 5.10 Å². The highest BCUT2D eigenvalue weighted by molar-refractivity contribution is 5.82. The lowest BCUT2D eigenvalue weighted by Crippen LogP contribution is -2.28. The molecule has 1 aliphatic rings. The maximum Gasteiger partial charge on any atom is 0.433 e. The van der Waals surface area contributed by atoms with Crippen molar-refractivity contribution in [3.63, 3.8) is 0 Å². The number of hydrogen-bond acceptors (Lipinski definition) is 2. The second kappa shape index (κ2) is 3.22. The molecule has 1 aliphatic heterocycles. The molecule has 0 aliphatic carbocycles. The minimum Gasteiger partial charge on any atom is -0.323 e. The summed E-state index contributed by atoms with van der Waals surface area (Å²) in [5.74, 6) is -0.840. The lowest BCUT2D eigenvalue weighted by atomic mass is 10.2. The third-order valence-electron chi connectivity index (χ3n) is 2.89. The van der Waals surface area contributed by atoms with Crippen LogP contribution in [0.2, 0.25) is 0 Å². The van der Waals surface area contributed by atoms with E-state index in [0.717, 1.165) is 0 Å². The highest BCUT2D eigenvalue weighted by Gasteiger charge is 2.38. The normalized spacial score (nSPS) is 16.5. The molecule has 0 spiro atoms.